The fourth-order valence-electron chi connectivity index (χ4n) is 3.57. The number of amides is 1. The molecule has 7 heteroatoms. The summed E-state index contributed by atoms with van der Waals surface area (Å²) in [5.74, 6) is 0.955. The van der Waals surface area contributed by atoms with Gasteiger partial charge in [-0.05, 0) is 65.2 Å². The number of carbonyl (C=O) groups excluding carboxylic acids is 1. The number of carbonyl (C=O) groups is 1. The monoisotopic (exact) mass is 491 g/mol. The number of benzene rings is 1. The van der Waals surface area contributed by atoms with E-state index in [0.29, 0.717) is 13.1 Å². The average Bonchev–Trinajstić information content (AvgIpc) is 2.81. The maximum absolute atomic E-state index is 12.6. The zero-order valence-electron chi connectivity index (χ0n) is 23.2. The Hall–Kier alpha value is -2.41. The highest BCUT2D eigenvalue weighted by Gasteiger charge is 2.26. The van der Waals surface area contributed by atoms with Gasteiger partial charge >= 0.3 is 6.09 Å². The lowest BCUT2D eigenvalue weighted by Gasteiger charge is -2.36. The van der Waals surface area contributed by atoms with Gasteiger partial charge in [-0.25, -0.2) is 9.18 Å². The van der Waals surface area contributed by atoms with Crippen LogP contribution in [0, 0.1) is 6.92 Å². The Morgan fingerprint density at radius 3 is 2.09 bits per heavy atom. The van der Waals surface area contributed by atoms with Crippen LogP contribution in [0.15, 0.2) is 40.9 Å². The molecule has 0 aromatic heterocycles. The number of rotatable bonds is 6. The molecule has 1 aromatic rings. The first-order chi connectivity index (χ1) is 16.4. The molecule has 0 N–H and O–H groups in total. The Bertz CT molecular complexity index is 821. The molecule has 198 valence electrons. The zero-order chi connectivity index (χ0) is 26.6. The van der Waals surface area contributed by atoms with Gasteiger partial charge in [-0.2, -0.15) is 0 Å². The maximum Gasteiger partial charge on any atom is 0.410 e. The number of nitrogens with zero attached hydrogens (tertiary/aromatic N) is 3. The fraction of sp³-hybridized carbons (Fsp3) is 0.643. The van der Waals surface area contributed by atoms with Crippen molar-refractivity contribution in [3.8, 4) is 0 Å². The lowest BCUT2D eigenvalue weighted by molar-refractivity contribution is 0.0187. The normalized spacial score (nSPS) is 16.9. The van der Waals surface area contributed by atoms with E-state index in [1.165, 1.54) is 11.1 Å². The Balaban J connectivity index is 0.000000507. The Labute approximate surface area is 212 Å². The number of aryl methyl sites for hydroxylation is 1. The molecule has 1 aliphatic heterocycles. The number of halogens is 1. The van der Waals surface area contributed by atoms with Gasteiger partial charge in [0, 0.05) is 40.3 Å². The molecule has 2 rings (SSSR count). The summed E-state index contributed by atoms with van der Waals surface area (Å²) < 4.78 is 23.5. The molecule has 1 fully saturated rings. The van der Waals surface area contributed by atoms with E-state index in [1.807, 2.05) is 59.0 Å². The molecule has 6 nitrogen and oxygen atoms in total. The second-order valence-corrected chi connectivity index (χ2v) is 9.91. The van der Waals surface area contributed by atoms with Crippen molar-refractivity contribution in [2.24, 2.45) is 4.99 Å². The van der Waals surface area contributed by atoms with Gasteiger partial charge in [0.1, 0.15) is 17.6 Å². The van der Waals surface area contributed by atoms with E-state index in [4.69, 9.17) is 9.47 Å². The van der Waals surface area contributed by atoms with Crippen molar-refractivity contribution in [3.63, 3.8) is 0 Å². The minimum Gasteiger partial charge on any atom is -0.444 e. The van der Waals surface area contributed by atoms with Crippen molar-refractivity contribution in [1.29, 1.82) is 0 Å². The summed E-state index contributed by atoms with van der Waals surface area (Å²) in [6.07, 6.45) is 3.20. The van der Waals surface area contributed by atoms with Crippen molar-refractivity contribution >= 4 is 11.9 Å². The third-order valence-electron chi connectivity index (χ3n) is 5.75. The van der Waals surface area contributed by atoms with E-state index in [9.17, 15) is 9.18 Å². The van der Waals surface area contributed by atoms with Crippen LogP contribution in [0.5, 0.6) is 0 Å². The SMILES string of the molecule is CCC/C(=C\C(=NC)N1CCN(C(=O)OC(C)(C)C)CC1)C(C)OC.Cc1ccc(C(C)F)cc1. The molecular weight excluding hydrogens is 445 g/mol. The molecule has 1 amide bonds. The largest absolute Gasteiger partial charge is 0.444 e. The van der Waals surface area contributed by atoms with Crippen molar-refractivity contribution in [1.82, 2.24) is 9.80 Å². The lowest BCUT2D eigenvalue weighted by atomic mass is 10.0. The van der Waals surface area contributed by atoms with Crippen molar-refractivity contribution in [2.45, 2.75) is 79.2 Å². The Kier molecular flexibility index (Phi) is 13.0. The molecule has 2 unspecified atom stereocenters. The number of hydrogen-bond donors (Lipinski definition) is 0. The molecule has 2 atom stereocenters. The molecule has 0 radical (unpaired) electrons. The second kappa shape index (κ2) is 14.9. The van der Waals surface area contributed by atoms with Gasteiger partial charge in [0.15, 0.2) is 0 Å². The van der Waals surface area contributed by atoms with Crippen molar-refractivity contribution in [2.75, 3.05) is 40.3 Å². The van der Waals surface area contributed by atoms with Crippen LogP contribution in [-0.2, 0) is 9.47 Å². The molecule has 1 saturated heterocycles. The highest BCUT2D eigenvalue weighted by atomic mass is 19.1. The Morgan fingerprint density at radius 1 is 1.11 bits per heavy atom. The number of alkyl halides is 1. The first kappa shape index (κ1) is 30.6. The minimum atomic E-state index is -0.847. The summed E-state index contributed by atoms with van der Waals surface area (Å²) in [4.78, 5) is 20.6. The van der Waals surface area contributed by atoms with E-state index >= 15 is 0 Å². The van der Waals surface area contributed by atoms with E-state index in [-0.39, 0.29) is 12.2 Å². The standard InChI is InChI=1S/C19H35N3O3.C9H11F/c1-8-9-16(15(2)24-7)14-17(20-6)21-10-12-22(13-11-21)18(23)25-19(3,4)5;1-7-3-5-9(6-4-7)8(2)10/h14-15H,8-13H2,1-7H3;3-6,8H,1-2H3/b16-14+,20-17?;. The quantitative estimate of drug-likeness (QED) is 0.343. The van der Waals surface area contributed by atoms with Crippen LogP contribution in [0.4, 0.5) is 9.18 Å². The van der Waals surface area contributed by atoms with Crippen LogP contribution in [0.2, 0.25) is 0 Å². The summed E-state index contributed by atoms with van der Waals surface area (Å²) in [5, 5.41) is 0. The highest BCUT2D eigenvalue weighted by molar-refractivity contribution is 5.93. The van der Waals surface area contributed by atoms with Gasteiger partial charge in [-0.1, -0.05) is 43.2 Å². The molecule has 0 saturated carbocycles. The number of aliphatic imine (C=N–C) groups is 1. The summed E-state index contributed by atoms with van der Waals surface area (Å²) in [6.45, 7) is 16.2. The van der Waals surface area contributed by atoms with Crippen LogP contribution < -0.4 is 0 Å². The summed E-state index contributed by atoms with van der Waals surface area (Å²) in [7, 11) is 3.55. The Morgan fingerprint density at radius 2 is 1.66 bits per heavy atom. The minimum absolute atomic E-state index is 0.0831. The molecule has 1 heterocycles. The first-order valence-electron chi connectivity index (χ1n) is 12.5. The topological polar surface area (TPSA) is 54.4 Å². The zero-order valence-corrected chi connectivity index (χ0v) is 23.2. The summed E-state index contributed by atoms with van der Waals surface area (Å²) >= 11 is 0. The third kappa shape index (κ3) is 11.2. The van der Waals surface area contributed by atoms with Crippen molar-refractivity contribution in [3.05, 3.63) is 47.0 Å². The highest BCUT2D eigenvalue weighted by Crippen LogP contribution is 2.17. The maximum atomic E-state index is 12.6. The molecule has 0 spiro atoms. The van der Waals surface area contributed by atoms with E-state index in [0.717, 1.165) is 37.3 Å². The van der Waals surface area contributed by atoms with Crippen LogP contribution in [0.1, 0.15) is 71.7 Å². The molecule has 0 bridgehead atoms. The number of hydrogen-bond acceptors (Lipinski definition) is 4. The third-order valence-corrected chi connectivity index (χ3v) is 5.75. The van der Waals surface area contributed by atoms with Crippen LogP contribution in [0.3, 0.4) is 0 Å². The van der Waals surface area contributed by atoms with E-state index in [2.05, 4.69) is 29.8 Å². The van der Waals surface area contributed by atoms with Gasteiger partial charge in [0.05, 0.1) is 6.10 Å². The molecule has 1 aromatic carbocycles. The average molecular weight is 492 g/mol. The lowest BCUT2D eigenvalue weighted by Crippen LogP contribution is -2.51. The van der Waals surface area contributed by atoms with E-state index < -0.39 is 11.8 Å². The number of methoxy groups -OCH3 is 1. The number of amidine groups is 1. The first-order valence-corrected chi connectivity index (χ1v) is 12.5. The number of piperazine rings is 1. The van der Waals surface area contributed by atoms with E-state index in [1.54, 1.807) is 18.9 Å². The van der Waals surface area contributed by atoms with Crippen LogP contribution in [-0.4, -0.2) is 73.8 Å². The second-order valence-electron chi connectivity index (χ2n) is 9.91. The molecule has 35 heavy (non-hydrogen) atoms. The van der Waals surface area contributed by atoms with Crippen molar-refractivity contribution < 1.29 is 18.7 Å². The van der Waals surface area contributed by atoms with Gasteiger partial charge in [0.2, 0.25) is 0 Å². The number of ether oxygens (including phenoxy) is 2. The predicted octanol–water partition coefficient (Wildman–Crippen LogP) is 6.35. The fourth-order valence-corrected chi connectivity index (χ4v) is 3.57. The molecule has 1 aliphatic rings. The van der Waals surface area contributed by atoms with Gasteiger partial charge in [-0.15, -0.1) is 0 Å². The molecular formula is C28H46FN3O3. The van der Waals surface area contributed by atoms with Gasteiger partial charge in [-0.3, -0.25) is 4.99 Å². The van der Waals surface area contributed by atoms with Crippen LogP contribution >= 0.6 is 0 Å². The predicted molar refractivity (Wildman–Crippen MR) is 143 cm³/mol. The van der Waals surface area contributed by atoms with Gasteiger partial charge < -0.3 is 19.3 Å². The molecule has 0 aliphatic carbocycles. The van der Waals surface area contributed by atoms with Gasteiger partial charge in [0.25, 0.3) is 0 Å². The summed E-state index contributed by atoms with van der Waals surface area (Å²) in [5.41, 5.74) is 2.72. The smallest absolute Gasteiger partial charge is 0.410 e. The summed E-state index contributed by atoms with van der Waals surface area (Å²) in [6, 6.07) is 7.48. The van der Waals surface area contributed by atoms with Crippen LogP contribution in [0.25, 0.3) is 0 Å².